The molecule has 1 N–H and O–H groups in total. The molecule has 1 aliphatic carbocycles. The van der Waals surface area contributed by atoms with Gasteiger partial charge in [-0.15, -0.1) is 0 Å². The highest BCUT2D eigenvalue weighted by atomic mass is 16.5. The van der Waals surface area contributed by atoms with Crippen LogP contribution in [-0.2, 0) is 17.9 Å². The molecule has 1 heterocycles. The van der Waals surface area contributed by atoms with Gasteiger partial charge in [0.25, 0.3) is 0 Å². The Kier molecular flexibility index (Phi) is 5.67. The summed E-state index contributed by atoms with van der Waals surface area (Å²) < 4.78 is 11.6. The van der Waals surface area contributed by atoms with Crippen molar-refractivity contribution in [1.82, 2.24) is 5.32 Å². The molecule has 3 nitrogen and oxygen atoms in total. The molecule has 0 atom stereocenters. The van der Waals surface area contributed by atoms with Gasteiger partial charge >= 0.3 is 0 Å². The molecule has 0 radical (unpaired) electrons. The summed E-state index contributed by atoms with van der Waals surface area (Å²) in [7, 11) is 0. The second-order valence-electron chi connectivity index (χ2n) is 6.72. The van der Waals surface area contributed by atoms with Crippen molar-refractivity contribution in [3.8, 4) is 0 Å². The zero-order chi connectivity index (χ0) is 14.4. The minimum absolute atomic E-state index is 0.425. The first-order chi connectivity index (χ1) is 9.61. The van der Waals surface area contributed by atoms with Crippen molar-refractivity contribution in [3.63, 3.8) is 0 Å². The highest BCUT2D eigenvalue weighted by molar-refractivity contribution is 5.15. The molecule has 0 aromatic carbocycles. The maximum absolute atomic E-state index is 6.08. The Morgan fingerprint density at radius 1 is 1.35 bits per heavy atom. The first-order valence-corrected chi connectivity index (χ1v) is 7.98. The maximum Gasteiger partial charge on any atom is 0.123 e. The summed E-state index contributed by atoms with van der Waals surface area (Å²) in [4.78, 5) is 0. The van der Waals surface area contributed by atoms with Gasteiger partial charge in [0.15, 0.2) is 0 Å². The minimum Gasteiger partial charge on any atom is -0.468 e. The summed E-state index contributed by atoms with van der Waals surface area (Å²) in [5, 5.41) is 3.38. The predicted molar refractivity (Wildman–Crippen MR) is 81.5 cm³/mol. The maximum atomic E-state index is 6.08. The van der Waals surface area contributed by atoms with Crippen LogP contribution < -0.4 is 5.32 Å². The monoisotopic (exact) mass is 279 g/mol. The van der Waals surface area contributed by atoms with Gasteiger partial charge in [0.2, 0.25) is 0 Å². The lowest BCUT2D eigenvalue weighted by Gasteiger charge is -2.34. The molecule has 1 fully saturated rings. The topological polar surface area (TPSA) is 34.4 Å². The first-order valence-electron chi connectivity index (χ1n) is 7.98. The van der Waals surface area contributed by atoms with Gasteiger partial charge in [-0.05, 0) is 50.1 Å². The molecule has 0 aliphatic heterocycles. The Morgan fingerprint density at radius 2 is 2.10 bits per heavy atom. The minimum atomic E-state index is 0.425. The number of ether oxygens (including phenoxy) is 1. The van der Waals surface area contributed by atoms with Crippen LogP contribution in [-0.4, -0.2) is 12.6 Å². The highest BCUT2D eigenvalue weighted by Crippen LogP contribution is 2.36. The molecule has 20 heavy (non-hydrogen) atoms. The van der Waals surface area contributed by atoms with E-state index in [1.54, 1.807) is 6.26 Å². The molecule has 1 aromatic heterocycles. The Balaban J connectivity index is 1.75. The molecule has 2 rings (SSSR count). The van der Waals surface area contributed by atoms with Crippen LogP contribution in [0.25, 0.3) is 0 Å². The van der Waals surface area contributed by atoms with Crippen LogP contribution in [0.1, 0.15) is 64.2 Å². The van der Waals surface area contributed by atoms with E-state index in [0.29, 0.717) is 18.1 Å². The van der Waals surface area contributed by atoms with E-state index in [9.17, 15) is 0 Å². The Hall–Kier alpha value is -0.800. The van der Waals surface area contributed by atoms with Crippen LogP contribution in [0.5, 0.6) is 0 Å². The highest BCUT2D eigenvalue weighted by Gasteiger charge is 2.27. The Labute approximate surface area is 123 Å². The lowest BCUT2D eigenvalue weighted by Crippen LogP contribution is -2.26. The molecule has 0 bridgehead atoms. The second kappa shape index (κ2) is 7.28. The lowest BCUT2D eigenvalue weighted by molar-refractivity contribution is -0.00611. The van der Waals surface area contributed by atoms with Crippen LogP contribution in [0.4, 0.5) is 0 Å². The summed E-state index contributed by atoms with van der Waals surface area (Å²) in [6.07, 6.45) is 8.26. The second-order valence-corrected chi connectivity index (χ2v) is 6.72. The third kappa shape index (κ3) is 4.64. The van der Waals surface area contributed by atoms with Crippen LogP contribution in [0.15, 0.2) is 16.7 Å². The zero-order valence-electron chi connectivity index (χ0n) is 13.2. The summed E-state index contributed by atoms with van der Waals surface area (Å²) in [5.74, 6) is 1.02. The van der Waals surface area contributed by atoms with E-state index < -0.39 is 0 Å². The molecular weight excluding hydrogens is 250 g/mol. The average Bonchev–Trinajstić information content (AvgIpc) is 2.85. The molecule has 1 saturated carbocycles. The Morgan fingerprint density at radius 3 is 2.80 bits per heavy atom. The SMILES string of the molecule is CCCNCc1occc1COC1CCC(C)(C)CC1. The van der Waals surface area contributed by atoms with Crippen LogP contribution in [0, 0.1) is 5.41 Å². The molecular formula is C17H29NO2. The van der Waals surface area contributed by atoms with E-state index in [-0.39, 0.29) is 0 Å². The van der Waals surface area contributed by atoms with Crippen molar-refractivity contribution in [1.29, 1.82) is 0 Å². The first kappa shape index (κ1) is 15.6. The quantitative estimate of drug-likeness (QED) is 0.757. The predicted octanol–water partition coefficient (Wildman–Crippen LogP) is 4.26. The molecule has 114 valence electrons. The Bertz CT molecular complexity index is 387. The van der Waals surface area contributed by atoms with E-state index in [0.717, 1.165) is 25.3 Å². The largest absolute Gasteiger partial charge is 0.468 e. The van der Waals surface area contributed by atoms with E-state index in [4.69, 9.17) is 9.15 Å². The van der Waals surface area contributed by atoms with Gasteiger partial charge in [0.1, 0.15) is 5.76 Å². The summed E-state index contributed by atoms with van der Waals surface area (Å²) in [6.45, 7) is 9.40. The van der Waals surface area contributed by atoms with Crippen molar-refractivity contribution >= 4 is 0 Å². The normalized spacial score (nSPS) is 19.4. The zero-order valence-corrected chi connectivity index (χ0v) is 13.2. The van der Waals surface area contributed by atoms with Crippen LogP contribution >= 0.6 is 0 Å². The molecule has 0 amide bonds. The summed E-state index contributed by atoms with van der Waals surface area (Å²) in [6, 6.07) is 2.04. The van der Waals surface area contributed by atoms with Crippen molar-refractivity contribution in [2.24, 2.45) is 5.41 Å². The molecule has 0 unspecified atom stereocenters. The van der Waals surface area contributed by atoms with Gasteiger partial charge < -0.3 is 14.5 Å². The van der Waals surface area contributed by atoms with E-state index in [1.165, 1.54) is 31.2 Å². The van der Waals surface area contributed by atoms with Crippen molar-refractivity contribution in [2.75, 3.05) is 6.54 Å². The van der Waals surface area contributed by atoms with Gasteiger partial charge in [-0.1, -0.05) is 20.8 Å². The van der Waals surface area contributed by atoms with Crippen LogP contribution in [0.2, 0.25) is 0 Å². The molecule has 3 heteroatoms. The van der Waals surface area contributed by atoms with Gasteiger partial charge in [0.05, 0.1) is 25.5 Å². The number of rotatable bonds is 7. The molecule has 1 aliphatic rings. The van der Waals surface area contributed by atoms with E-state index >= 15 is 0 Å². The third-order valence-corrected chi connectivity index (χ3v) is 4.31. The van der Waals surface area contributed by atoms with E-state index in [1.807, 2.05) is 6.07 Å². The number of nitrogens with one attached hydrogen (secondary N) is 1. The number of hydrogen-bond donors (Lipinski definition) is 1. The standard InChI is InChI=1S/C17H29NO2/c1-4-10-18-12-16-14(7-11-19-16)13-20-15-5-8-17(2,3)9-6-15/h7,11,15,18H,4-6,8-10,12-13H2,1-3H3. The number of hydrogen-bond acceptors (Lipinski definition) is 3. The van der Waals surface area contributed by atoms with Crippen molar-refractivity contribution in [2.45, 2.75) is 72.1 Å². The average molecular weight is 279 g/mol. The number of furan rings is 1. The van der Waals surface area contributed by atoms with Gasteiger partial charge in [-0.3, -0.25) is 0 Å². The fourth-order valence-electron chi connectivity index (χ4n) is 2.78. The fourth-order valence-corrected chi connectivity index (χ4v) is 2.78. The summed E-state index contributed by atoms with van der Waals surface area (Å²) in [5.41, 5.74) is 1.70. The molecule has 1 aromatic rings. The van der Waals surface area contributed by atoms with Crippen molar-refractivity contribution in [3.05, 3.63) is 23.7 Å². The van der Waals surface area contributed by atoms with Crippen molar-refractivity contribution < 1.29 is 9.15 Å². The third-order valence-electron chi connectivity index (χ3n) is 4.31. The molecule has 0 saturated heterocycles. The van der Waals surface area contributed by atoms with E-state index in [2.05, 4.69) is 26.1 Å². The summed E-state index contributed by atoms with van der Waals surface area (Å²) >= 11 is 0. The van der Waals surface area contributed by atoms with Crippen LogP contribution in [0.3, 0.4) is 0 Å². The fraction of sp³-hybridized carbons (Fsp3) is 0.765. The van der Waals surface area contributed by atoms with Gasteiger partial charge in [-0.2, -0.15) is 0 Å². The molecule has 0 spiro atoms. The smallest absolute Gasteiger partial charge is 0.123 e. The lowest BCUT2D eigenvalue weighted by atomic mass is 9.76. The van der Waals surface area contributed by atoms with Gasteiger partial charge in [-0.25, -0.2) is 0 Å². The van der Waals surface area contributed by atoms with Gasteiger partial charge in [0, 0.05) is 5.56 Å².